The molecule has 0 spiro atoms. The molecule has 4 nitrogen and oxygen atoms in total. The van der Waals surface area contributed by atoms with Gasteiger partial charge in [0.1, 0.15) is 0 Å². The fourth-order valence-corrected chi connectivity index (χ4v) is 3.30. The van der Waals surface area contributed by atoms with Crippen LogP contribution in [0.1, 0.15) is 29.6 Å². The van der Waals surface area contributed by atoms with Crippen LogP contribution in [0.3, 0.4) is 0 Å². The van der Waals surface area contributed by atoms with Crippen molar-refractivity contribution in [3.05, 3.63) is 36.0 Å². The lowest BCUT2D eigenvalue weighted by Gasteiger charge is -2.19. The van der Waals surface area contributed by atoms with Gasteiger partial charge in [-0.05, 0) is 25.3 Å². The highest BCUT2D eigenvalue weighted by molar-refractivity contribution is 6.06. The summed E-state index contributed by atoms with van der Waals surface area (Å²) in [4.78, 5) is 15.5. The molecule has 4 heteroatoms. The molecule has 1 aromatic carbocycles. The number of carbonyl (C=O) groups excluding carboxylic acids is 1. The van der Waals surface area contributed by atoms with Crippen molar-refractivity contribution >= 4 is 16.8 Å². The number of H-pyrrole nitrogens is 1. The second kappa shape index (κ2) is 4.10. The standard InChI is InChI=1S/C15H16N2O2/c18-15(17-13-7-9-5-6-14(13)19-9)11-8-16-12-4-2-1-3-10(11)12/h1-4,8-9,13-14,16H,5-7H2,(H,17,18). The molecule has 0 saturated carbocycles. The number of amides is 1. The van der Waals surface area contributed by atoms with Crippen molar-refractivity contribution in [3.63, 3.8) is 0 Å². The summed E-state index contributed by atoms with van der Waals surface area (Å²) < 4.78 is 5.77. The molecule has 2 bridgehead atoms. The maximum absolute atomic E-state index is 12.4. The van der Waals surface area contributed by atoms with E-state index in [1.165, 1.54) is 0 Å². The number of para-hydroxylation sites is 1. The van der Waals surface area contributed by atoms with Gasteiger partial charge in [-0.3, -0.25) is 4.79 Å². The zero-order valence-corrected chi connectivity index (χ0v) is 10.6. The molecule has 3 unspecified atom stereocenters. The molecule has 2 N–H and O–H groups in total. The lowest BCUT2D eigenvalue weighted by Crippen LogP contribution is -2.41. The number of carbonyl (C=O) groups is 1. The first kappa shape index (κ1) is 11.1. The van der Waals surface area contributed by atoms with E-state index in [1.807, 2.05) is 24.3 Å². The van der Waals surface area contributed by atoms with E-state index in [9.17, 15) is 4.79 Å². The number of aromatic amines is 1. The molecule has 2 aromatic rings. The third kappa shape index (κ3) is 1.75. The quantitative estimate of drug-likeness (QED) is 0.865. The van der Waals surface area contributed by atoms with Crippen LogP contribution in [0.5, 0.6) is 0 Å². The predicted molar refractivity (Wildman–Crippen MR) is 72.1 cm³/mol. The molecule has 3 atom stereocenters. The topological polar surface area (TPSA) is 54.1 Å². The summed E-state index contributed by atoms with van der Waals surface area (Å²) in [6.45, 7) is 0. The second-order valence-electron chi connectivity index (χ2n) is 5.44. The van der Waals surface area contributed by atoms with Gasteiger partial charge in [-0.15, -0.1) is 0 Å². The average Bonchev–Trinajstić information content (AvgIpc) is 3.13. The number of hydrogen-bond donors (Lipinski definition) is 2. The number of fused-ring (bicyclic) bond motifs is 3. The molecule has 4 rings (SSSR count). The van der Waals surface area contributed by atoms with E-state index in [4.69, 9.17) is 4.74 Å². The average molecular weight is 256 g/mol. The van der Waals surface area contributed by atoms with Gasteiger partial charge in [0.15, 0.2) is 0 Å². The lowest BCUT2D eigenvalue weighted by molar-refractivity contribution is 0.0842. The SMILES string of the molecule is O=C(NC1CC2CCC1O2)c1c[nH]c2ccccc12. The Morgan fingerprint density at radius 2 is 2.21 bits per heavy atom. The van der Waals surface area contributed by atoms with E-state index in [0.29, 0.717) is 6.10 Å². The van der Waals surface area contributed by atoms with Crippen LogP contribution in [0, 0.1) is 0 Å². The highest BCUT2D eigenvalue weighted by Gasteiger charge is 2.41. The summed E-state index contributed by atoms with van der Waals surface area (Å²) in [5.41, 5.74) is 1.72. The Hall–Kier alpha value is -1.81. The maximum atomic E-state index is 12.4. The van der Waals surface area contributed by atoms with Crippen LogP contribution in [0.4, 0.5) is 0 Å². The van der Waals surface area contributed by atoms with Crippen molar-refractivity contribution < 1.29 is 9.53 Å². The number of rotatable bonds is 2. The van der Waals surface area contributed by atoms with Crippen molar-refractivity contribution in [2.24, 2.45) is 0 Å². The largest absolute Gasteiger partial charge is 0.373 e. The van der Waals surface area contributed by atoms with E-state index in [1.54, 1.807) is 6.20 Å². The molecule has 2 fully saturated rings. The first-order valence-electron chi connectivity index (χ1n) is 6.84. The van der Waals surface area contributed by atoms with Gasteiger partial charge >= 0.3 is 0 Å². The zero-order chi connectivity index (χ0) is 12.8. The highest BCUT2D eigenvalue weighted by Crippen LogP contribution is 2.34. The van der Waals surface area contributed by atoms with E-state index in [2.05, 4.69) is 10.3 Å². The summed E-state index contributed by atoms with van der Waals surface area (Å²) >= 11 is 0. The molecule has 19 heavy (non-hydrogen) atoms. The fourth-order valence-electron chi connectivity index (χ4n) is 3.30. The molecule has 1 amide bonds. The van der Waals surface area contributed by atoms with Crippen molar-refractivity contribution in [1.82, 2.24) is 10.3 Å². The summed E-state index contributed by atoms with van der Waals surface area (Å²) in [5, 5.41) is 4.10. The van der Waals surface area contributed by atoms with Crippen LogP contribution >= 0.6 is 0 Å². The Labute approximate surface area is 111 Å². The molecule has 2 aliphatic rings. The van der Waals surface area contributed by atoms with E-state index < -0.39 is 0 Å². The molecule has 2 saturated heterocycles. The van der Waals surface area contributed by atoms with Crippen molar-refractivity contribution in [2.45, 2.75) is 37.5 Å². The van der Waals surface area contributed by atoms with Crippen LogP contribution in [0.25, 0.3) is 10.9 Å². The van der Waals surface area contributed by atoms with Gasteiger partial charge in [-0.2, -0.15) is 0 Å². The smallest absolute Gasteiger partial charge is 0.253 e. The Bertz CT molecular complexity index is 634. The van der Waals surface area contributed by atoms with Crippen LogP contribution in [0.15, 0.2) is 30.5 Å². The van der Waals surface area contributed by atoms with Crippen molar-refractivity contribution in [3.8, 4) is 0 Å². The van der Waals surface area contributed by atoms with Gasteiger partial charge < -0.3 is 15.0 Å². The van der Waals surface area contributed by atoms with Crippen LogP contribution in [0.2, 0.25) is 0 Å². The number of ether oxygens (including phenoxy) is 1. The van der Waals surface area contributed by atoms with Crippen molar-refractivity contribution in [1.29, 1.82) is 0 Å². The minimum atomic E-state index is -0.00130. The van der Waals surface area contributed by atoms with Gasteiger partial charge in [0.05, 0.1) is 23.8 Å². The molecule has 0 radical (unpaired) electrons. The zero-order valence-electron chi connectivity index (χ0n) is 10.6. The molecular weight excluding hydrogens is 240 g/mol. The van der Waals surface area contributed by atoms with Gasteiger partial charge in [0.25, 0.3) is 5.91 Å². The Morgan fingerprint density at radius 1 is 1.32 bits per heavy atom. The first-order valence-corrected chi connectivity index (χ1v) is 6.84. The number of nitrogens with one attached hydrogen (secondary N) is 2. The molecule has 1 aromatic heterocycles. The van der Waals surface area contributed by atoms with Gasteiger partial charge in [-0.25, -0.2) is 0 Å². The van der Waals surface area contributed by atoms with Crippen LogP contribution in [-0.4, -0.2) is 29.1 Å². The summed E-state index contributed by atoms with van der Waals surface area (Å²) in [7, 11) is 0. The molecular formula is C15H16N2O2. The van der Waals surface area contributed by atoms with E-state index in [0.717, 1.165) is 35.7 Å². The summed E-state index contributed by atoms with van der Waals surface area (Å²) in [6, 6.07) is 8.04. The monoisotopic (exact) mass is 256 g/mol. The third-order valence-electron chi connectivity index (χ3n) is 4.26. The predicted octanol–water partition coefficient (Wildman–Crippen LogP) is 2.22. The normalized spacial score (nSPS) is 28.9. The summed E-state index contributed by atoms with van der Waals surface area (Å²) in [5.74, 6) is -0.00130. The minimum Gasteiger partial charge on any atom is -0.373 e. The number of aromatic nitrogens is 1. The number of benzene rings is 1. The highest BCUT2D eigenvalue weighted by atomic mass is 16.5. The first-order chi connectivity index (χ1) is 9.31. The van der Waals surface area contributed by atoms with Gasteiger partial charge in [-0.1, -0.05) is 18.2 Å². The number of hydrogen-bond acceptors (Lipinski definition) is 2. The van der Waals surface area contributed by atoms with E-state index in [-0.39, 0.29) is 18.1 Å². The molecule has 3 heterocycles. The van der Waals surface area contributed by atoms with Crippen molar-refractivity contribution in [2.75, 3.05) is 0 Å². The lowest BCUT2D eigenvalue weighted by atomic mass is 9.95. The van der Waals surface area contributed by atoms with Crippen LogP contribution in [-0.2, 0) is 4.74 Å². The maximum Gasteiger partial charge on any atom is 0.253 e. The van der Waals surface area contributed by atoms with E-state index >= 15 is 0 Å². The summed E-state index contributed by atoms with van der Waals surface area (Å²) in [6.07, 6.45) is 5.54. The Kier molecular flexibility index (Phi) is 2.38. The molecule has 98 valence electrons. The van der Waals surface area contributed by atoms with Gasteiger partial charge in [0, 0.05) is 17.1 Å². The molecule has 2 aliphatic heterocycles. The second-order valence-corrected chi connectivity index (χ2v) is 5.44. The fraction of sp³-hybridized carbons (Fsp3) is 0.400. The molecule has 0 aliphatic carbocycles. The Balaban J connectivity index is 1.57. The van der Waals surface area contributed by atoms with Gasteiger partial charge in [0.2, 0.25) is 0 Å². The minimum absolute atomic E-state index is 0.00130. The third-order valence-corrected chi connectivity index (χ3v) is 4.26. The Morgan fingerprint density at radius 3 is 3.00 bits per heavy atom. The van der Waals surface area contributed by atoms with Crippen LogP contribution < -0.4 is 5.32 Å².